The van der Waals surface area contributed by atoms with Crippen LogP contribution >= 0.6 is 0 Å². The predicted molar refractivity (Wildman–Crippen MR) is 73.7 cm³/mol. The number of hydrogen-bond acceptors (Lipinski definition) is 3. The zero-order valence-electron chi connectivity index (χ0n) is 10.8. The molecule has 2 heterocycles. The summed E-state index contributed by atoms with van der Waals surface area (Å²) < 4.78 is 14.8. The molecule has 0 aliphatic heterocycles. The van der Waals surface area contributed by atoms with Gasteiger partial charge in [-0.1, -0.05) is 6.07 Å². The van der Waals surface area contributed by atoms with Gasteiger partial charge < -0.3 is 5.11 Å². The van der Waals surface area contributed by atoms with Crippen LogP contribution < -0.4 is 0 Å². The molecule has 1 N–H and O–H groups in total. The van der Waals surface area contributed by atoms with Gasteiger partial charge >= 0.3 is 5.97 Å². The molecule has 0 aliphatic rings. The molecule has 0 fully saturated rings. The molecule has 0 unspecified atom stereocenters. The first-order chi connectivity index (χ1) is 10.2. The Bertz CT molecular complexity index is 800. The summed E-state index contributed by atoms with van der Waals surface area (Å²) >= 11 is 0. The van der Waals surface area contributed by atoms with Crippen molar-refractivity contribution < 1.29 is 14.3 Å². The van der Waals surface area contributed by atoms with Crippen molar-refractivity contribution in [3.05, 3.63) is 66.4 Å². The third kappa shape index (κ3) is 2.38. The highest BCUT2D eigenvalue weighted by atomic mass is 19.1. The standard InChI is InChI=1S/C15H10FN3O2/c16-11-4-1-5-12(7-11)19-14(10-3-2-6-17-8-10)13(9-18-19)15(20)21/h1-9H,(H,20,21). The monoisotopic (exact) mass is 283 g/mol. The second kappa shape index (κ2) is 5.16. The number of aromatic nitrogens is 3. The Labute approximate surface area is 119 Å². The van der Waals surface area contributed by atoms with Crippen LogP contribution in [0.2, 0.25) is 0 Å². The van der Waals surface area contributed by atoms with Crippen molar-refractivity contribution in [3.8, 4) is 16.9 Å². The van der Waals surface area contributed by atoms with Gasteiger partial charge in [0.15, 0.2) is 0 Å². The van der Waals surface area contributed by atoms with Crippen LogP contribution in [0.15, 0.2) is 55.0 Å². The van der Waals surface area contributed by atoms with E-state index in [1.807, 2.05) is 0 Å². The van der Waals surface area contributed by atoms with Crippen molar-refractivity contribution in [1.82, 2.24) is 14.8 Å². The van der Waals surface area contributed by atoms with Crippen LogP contribution in [0, 0.1) is 5.82 Å². The summed E-state index contributed by atoms with van der Waals surface area (Å²) in [4.78, 5) is 15.3. The number of carbonyl (C=O) groups is 1. The van der Waals surface area contributed by atoms with E-state index in [1.54, 1.807) is 36.7 Å². The Morgan fingerprint density at radius 3 is 2.71 bits per heavy atom. The van der Waals surface area contributed by atoms with Gasteiger partial charge in [0.2, 0.25) is 0 Å². The molecule has 21 heavy (non-hydrogen) atoms. The smallest absolute Gasteiger partial charge is 0.339 e. The van der Waals surface area contributed by atoms with E-state index in [1.165, 1.54) is 23.0 Å². The van der Waals surface area contributed by atoms with E-state index in [-0.39, 0.29) is 5.56 Å². The Balaban J connectivity index is 2.25. The predicted octanol–water partition coefficient (Wildman–Crippen LogP) is 2.77. The summed E-state index contributed by atoms with van der Waals surface area (Å²) in [6.45, 7) is 0. The topological polar surface area (TPSA) is 68.0 Å². The van der Waals surface area contributed by atoms with E-state index in [4.69, 9.17) is 0 Å². The van der Waals surface area contributed by atoms with Crippen molar-refractivity contribution in [2.24, 2.45) is 0 Å². The minimum absolute atomic E-state index is 0.0345. The molecule has 0 amide bonds. The zero-order valence-corrected chi connectivity index (χ0v) is 10.8. The lowest BCUT2D eigenvalue weighted by atomic mass is 10.1. The summed E-state index contributed by atoms with van der Waals surface area (Å²) in [7, 11) is 0. The second-order valence-electron chi connectivity index (χ2n) is 4.35. The first-order valence-corrected chi connectivity index (χ1v) is 6.14. The number of nitrogens with zero attached hydrogens (tertiary/aromatic N) is 3. The van der Waals surface area contributed by atoms with Gasteiger partial charge in [0.25, 0.3) is 0 Å². The highest BCUT2D eigenvalue weighted by Crippen LogP contribution is 2.26. The molecule has 3 rings (SSSR count). The van der Waals surface area contributed by atoms with Crippen molar-refractivity contribution in [2.45, 2.75) is 0 Å². The lowest BCUT2D eigenvalue weighted by Crippen LogP contribution is -2.03. The maximum absolute atomic E-state index is 13.4. The van der Waals surface area contributed by atoms with Gasteiger partial charge in [-0.15, -0.1) is 0 Å². The number of pyridine rings is 1. The minimum atomic E-state index is -1.10. The zero-order chi connectivity index (χ0) is 14.8. The quantitative estimate of drug-likeness (QED) is 0.802. The normalized spacial score (nSPS) is 10.5. The van der Waals surface area contributed by atoms with E-state index in [9.17, 15) is 14.3 Å². The summed E-state index contributed by atoms with van der Waals surface area (Å²) in [5.41, 5.74) is 1.44. The van der Waals surface area contributed by atoms with E-state index in [2.05, 4.69) is 10.1 Å². The van der Waals surface area contributed by atoms with Crippen LogP contribution in [0.3, 0.4) is 0 Å². The number of carboxylic acid groups (broad SMARTS) is 1. The third-order valence-corrected chi connectivity index (χ3v) is 2.99. The third-order valence-electron chi connectivity index (χ3n) is 2.99. The molecule has 3 aromatic rings. The molecule has 5 nitrogen and oxygen atoms in total. The van der Waals surface area contributed by atoms with Crippen LogP contribution in [0.25, 0.3) is 16.9 Å². The van der Waals surface area contributed by atoms with Gasteiger partial charge in [-0.2, -0.15) is 5.10 Å². The minimum Gasteiger partial charge on any atom is -0.478 e. The number of carboxylic acids is 1. The second-order valence-corrected chi connectivity index (χ2v) is 4.35. The van der Waals surface area contributed by atoms with Crippen LogP contribution in [-0.4, -0.2) is 25.8 Å². The van der Waals surface area contributed by atoms with Gasteiger partial charge in [0.1, 0.15) is 11.4 Å². The number of rotatable bonds is 3. The highest BCUT2D eigenvalue weighted by Gasteiger charge is 2.19. The first-order valence-electron chi connectivity index (χ1n) is 6.14. The molecule has 0 atom stereocenters. The van der Waals surface area contributed by atoms with Gasteiger partial charge in [-0.25, -0.2) is 13.9 Å². The number of halogens is 1. The molecule has 0 saturated heterocycles. The fourth-order valence-electron chi connectivity index (χ4n) is 2.09. The average molecular weight is 283 g/mol. The summed E-state index contributed by atoms with van der Waals surface area (Å²) in [6.07, 6.45) is 4.38. The van der Waals surface area contributed by atoms with Crippen molar-refractivity contribution >= 4 is 5.97 Å². The Kier molecular flexibility index (Phi) is 3.19. The Morgan fingerprint density at radius 1 is 1.19 bits per heavy atom. The maximum atomic E-state index is 13.4. The molecular weight excluding hydrogens is 273 g/mol. The highest BCUT2D eigenvalue weighted by molar-refractivity contribution is 5.95. The molecule has 2 aromatic heterocycles. The fourth-order valence-corrected chi connectivity index (χ4v) is 2.09. The fraction of sp³-hybridized carbons (Fsp3) is 0. The van der Waals surface area contributed by atoms with Crippen LogP contribution in [0.5, 0.6) is 0 Å². The Morgan fingerprint density at radius 2 is 2.05 bits per heavy atom. The van der Waals surface area contributed by atoms with Crippen molar-refractivity contribution in [3.63, 3.8) is 0 Å². The molecule has 0 saturated carbocycles. The number of aromatic carboxylic acids is 1. The lowest BCUT2D eigenvalue weighted by molar-refractivity contribution is 0.0697. The van der Waals surface area contributed by atoms with Crippen LogP contribution in [0.4, 0.5) is 4.39 Å². The van der Waals surface area contributed by atoms with E-state index >= 15 is 0 Å². The molecule has 0 radical (unpaired) electrons. The number of hydrogen-bond donors (Lipinski definition) is 1. The van der Waals surface area contributed by atoms with Crippen molar-refractivity contribution in [2.75, 3.05) is 0 Å². The summed E-state index contributed by atoms with van der Waals surface area (Å²) in [5, 5.41) is 13.4. The molecule has 104 valence electrons. The van der Waals surface area contributed by atoms with E-state index < -0.39 is 11.8 Å². The van der Waals surface area contributed by atoms with Gasteiger partial charge in [0, 0.05) is 18.0 Å². The van der Waals surface area contributed by atoms with E-state index in [0.717, 1.165) is 0 Å². The SMILES string of the molecule is O=C(O)c1cnn(-c2cccc(F)c2)c1-c1cccnc1. The first kappa shape index (κ1) is 13.0. The largest absolute Gasteiger partial charge is 0.478 e. The molecule has 0 spiro atoms. The molecule has 0 bridgehead atoms. The summed E-state index contributed by atoms with van der Waals surface area (Å²) in [6, 6.07) is 9.23. The maximum Gasteiger partial charge on any atom is 0.339 e. The average Bonchev–Trinajstić information content (AvgIpc) is 2.93. The lowest BCUT2D eigenvalue weighted by Gasteiger charge is -2.08. The van der Waals surface area contributed by atoms with Crippen LogP contribution in [0.1, 0.15) is 10.4 Å². The van der Waals surface area contributed by atoms with Crippen molar-refractivity contribution in [1.29, 1.82) is 0 Å². The van der Waals surface area contributed by atoms with Gasteiger partial charge in [-0.05, 0) is 30.3 Å². The van der Waals surface area contributed by atoms with E-state index in [0.29, 0.717) is 16.9 Å². The molecular formula is C15H10FN3O2. The molecule has 6 heteroatoms. The number of benzene rings is 1. The Hall–Kier alpha value is -3.02. The van der Waals surface area contributed by atoms with Gasteiger partial charge in [0.05, 0.1) is 17.6 Å². The molecule has 0 aliphatic carbocycles. The summed E-state index contributed by atoms with van der Waals surface area (Å²) in [5.74, 6) is -1.52. The van der Waals surface area contributed by atoms with Gasteiger partial charge in [-0.3, -0.25) is 4.98 Å². The molecule has 1 aromatic carbocycles. The van der Waals surface area contributed by atoms with Crippen LogP contribution in [-0.2, 0) is 0 Å².